The fourth-order valence-electron chi connectivity index (χ4n) is 9.12. The highest BCUT2D eigenvalue weighted by atomic mass is 16.6. The summed E-state index contributed by atoms with van der Waals surface area (Å²) in [6.45, 7) is 6.66. The number of hydrogen-bond acceptors (Lipinski definition) is 6. The maximum Gasteiger partial charge on any atom is 0.306 e. The fourth-order valence-corrected chi connectivity index (χ4v) is 9.12. The molecule has 0 rings (SSSR count). The predicted octanol–water partition coefficient (Wildman–Crippen LogP) is 20.3. The minimum absolute atomic E-state index is 0.0681. The van der Waals surface area contributed by atoms with Gasteiger partial charge in [0.1, 0.15) is 13.2 Å². The van der Waals surface area contributed by atoms with Gasteiger partial charge in [0.05, 0.1) is 0 Å². The summed E-state index contributed by atoms with van der Waals surface area (Å²) in [7, 11) is 0. The number of unbranched alkanes of at least 4 members (excludes halogenated alkanes) is 41. The van der Waals surface area contributed by atoms with Crippen molar-refractivity contribution in [1.29, 1.82) is 0 Å². The lowest BCUT2D eigenvalue weighted by Gasteiger charge is -2.18. The first-order valence-electron chi connectivity index (χ1n) is 30.3. The first-order chi connectivity index (χ1) is 33.5. The highest BCUT2D eigenvalue weighted by Crippen LogP contribution is 2.17. The van der Waals surface area contributed by atoms with Crippen LogP contribution < -0.4 is 0 Å². The lowest BCUT2D eigenvalue weighted by Crippen LogP contribution is -2.30. The van der Waals surface area contributed by atoms with Crippen molar-refractivity contribution >= 4 is 17.9 Å². The van der Waals surface area contributed by atoms with Gasteiger partial charge in [-0.05, 0) is 51.4 Å². The maximum atomic E-state index is 12.9. The van der Waals surface area contributed by atoms with E-state index in [9.17, 15) is 14.4 Å². The van der Waals surface area contributed by atoms with Crippen LogP contribution in [0.2, 0.25) is 0 Å². The summed E-state index contributed by atoms with van der Waals surface area (Å²) in [5.74, 6) is -0.853. The number of carbonyl (C=O) groups excluding carboxylic acids is 3. The molecule has 0 bridgehead atoms. The van der Waals surface area contributed by atoms with Crippen LogP contribution >= 0.6 is 0 Å². The number of esters is 3. The molecule has 0 aliphatic heterocycles. The molecule has 0 saturated heterocycles. The van der Waals surface area contributed by atoms with Crippen molar-refractivity contribution < 1.29 is 28.6 Å². The zero-order valence-corrected chi connectivity index (χ0v) is 45.9. The molecule has 0 aromatic heterocycles. The lowest BCUT2D eigenvalue weighted by molar-refractivity contribution is -0.167. The third kappa shape index (κ3) is 54.8. The van der Waals surface area contributed by atoms with Gasteiger partial charge >= 0.3 is 17.9 Å². The average molecular weight is 958 g/mol. The summed E-state index contributed by atoms with van der Waals surface area (Å²) < 4.78 is 16.9. The molecule has 0 amide bonds. The van der Waals surface area contributed by atoms with Crippen molar-refractivity contribution in [2.75, 3.05) is 13.2 Å². The molecule has 0 aliphatic rings. The molecule has 0 unspecified atom stereocenters. The Hall–Kier alpha value is -2.11. The molecule has 0 heterocycles. The number of ether oxygens (including phenoxy) is 3. The summed E-state index contributed by atoms with van der Waals surface area (Å²) in [6.07, 6.45) is 67.5. The van der Waals surface area contributed by atoms with Gasteiger partial charge in [-0.25, -0.2) is 0 Å². The van der Waals surface area contributed by atoms with Gasteiger partial charge in [-0.15, -0.1) is 0 Å². The maximum absolute atomic E-state index is 12.9. The first-order valence-corrected chi connectivity index (χ1v) is 30.3. The molecule has 0 aliphatic carbocycles. The largest absolute Gasteiger partial charge is 0.462 e. The van der Waals surface area contributed by atoms with Crippen LogP contribution in [0.5, 0.6) is 0 Å². The summed E-state index contributed by atoms with van der Waals surface area (Å²) in [5.41, 5.74) is 0. The van der Waals surface area contributed by atoms with Crippen molar-refractivity contribution in [3.05, 3.63) is 24.3 Å². The van der Waals surface area contributed by atoms with E-state index in [4.69, 9.17) is 14.2 Å². The van der Waals surface area contributed by atoms with E-state index in [-0.39, 0.29) is 31.1 Å². The van der Waals surface area contributed by atoms with Gasteiger partial charge < -0.3 is 14.2 Å². The predicted molar refractivity (Wildman–Crippen MR) is 293 cm³/mol. The van der Waals surface area contributed by atoms with E-state index < -0.39 is 6.10 Å². The number of allylic oxidation sites excluding steroid dienone is 4. The summed E-state index contributed by atoms with van der Waals surface area (Å²) in [5, 5.41) is 0. The van der Waals surface area contributed by atoms with Crippen molar-refractivity contribution in [2.24, 2.45) is 0 Å². The number of hydrogen-bond donors (Lipinski definition) is 0. The van der Waals surface area contributed by atoms with E-state index in [1.165, 1.54) is 225 Å². The lowest BCUT2D eigenvalue weighted by atomic mass is 10.0. The Labute approximate surface area is 423 Å². The average Bonchev–Trinajstić information content (AvgIpc) is 3.34. The third-order valence-electron chi connectivity index (χ3n) is 13.7. The van der Waals surface area contributed by atoms with E-state index in [1.807, 2.05) is 0 Å². The highest BCUT2D eigenvalue weighted by Gasteiger charge is 2.19. The van der Waals surface area contributed by atoms with E-state index in [0.29, 0.717) is 19.3 Å². The summed E-state index contributed by atoms with van der Waals surface area (Å²) >= 11 is 0. The Balaban J connectivity index is 4.28. The topological polar surface area (TPSA) is 78.9 Å². The molecule has 68 heavy (non-hydrogen) atoms. The Morgan fingerprint density at radius 2 is 0.529 bits per heavy atom. The Kier molecular flexibility index (Phi) is 55.7. The van der Waals surface area contributed by atoms with Gasteiger partial charge in [-0.2, -0.15) is 0 Å². The van der Waals surface area contributed by atoms with E-state index >= 15 is 0 Å². The minimum Gasteiger partial charge on any atom is -0.462 e. The monoisotopic (exact) mass is 957 g/mol. The van der Waals surface area contributed by atoms with E-state index in [1.54, 1.807) is 0 Å². The molecule has 0 aromatic rings. The van der Waals surface area contributed by atoms with Crippen LogP contribution in [-0.4, -0.2) is 37.2 Å². The Morgan fingerprint density at radius 3 is 0.838 bits per heavy atom. The molecule has 0 fully saturated rings. The van der Waals surface area contributed by atoms with Gasteiger partial charge in [0, 0.05) is 19.3 Å². The smallest absolute Gasteiger partial charge is 0.306 e. The second kappa shape index (κ2) is 57.5. The second-order valence-corrected chi connectivity index (χ2v) is 20.6. The molecule has 0 N–H and O–H groups in total. The van der Waals surface area contributed by atoms with E-state index in [0.717, 1.165) is 70.6 Å². The normalized spacial score (nSPS) is 12.1. The van der Waals surface area contributed by atoms with Crippen molar-refractivity contribution in [2.45, 2.75) is 341 Å². The zero-order chi connectivity index (χ0) is 49.3. The van der Waals surface area contributed by atoms with Gasteiger partial charge in [0.2, 0.25) is 0 Å². The number of rotatable bonds is 56. The molecule has 0 saturated carbocycles. The van der Waals surface area contributed by atoms with Crippen LogP contribution in [0, 0.1) is 0 Å². The van der Waals surface area contributed by atoms with Crippen molar-refractivity contribution in [3.8, 4) is 0 Å². The summed E-state index contributed by atoms with van der Waals surface area (Å²) in [4.78, 5) is 38.2. The second-order valence-electron chi connectivity index (χ2n) is 20.6. The minimum atomic E-state index is -0.769. The zero-order valence-electron chi connectivity index (χ0n) is 45.9. The number of carbonyl (C=O) groups is 3. The van der Waals surface area contributed by atoms with Crippen LogP contribution in [0.15, 0.2) is 24.3 Å². The quantitative estimate of drug-likeness (QED) is 0.0262. The van der Waals surface area contributed by atoms with Crippen LogP contribution in [0.4, 0.5) is 0 Å². The molecule has 0 radical (unpaired) electrons. The van der Waals surface area contributed by atoms with E-state index in [2.05, 4.69) is 45.1 Å². The molecular formula is C62H116O6. The first kappa shape index (κ1) is 65.9. The Bertz CT molecular complexity index is 1100. The molecule has 6 nitrogen and oxygen atoms in total. The van der Waals surface area contributed by atoms with Gasteiger partial charge in [-0.3, -0.25) is 14.4 Å². The molecular weight excluding hydrogens is 841 g/mol. The van der Waals surface area contributed by atoms with Crippen LogP contribution in [0.25, 0.3) is 0 Å². The molecule has 1 atom stereocenters. The molecule has 0 spiro atoms. The fraction of sp³-hybridized carbons (Fsp3) is 0.887. The van der Waals surface area contributed by atoms with Crippen molar-refractivity contribution in [1.82, 2.24) is 0 Å². The van der Waals surface area contributed by atoms with Crippen LogP contribution in [0.3, 0.4) is 0 Å². The van der Waals surface area contributed by atoms with Gasteiger partial charge in [-0.1, -0.05) is 289 Å². The van der Waals surface area contributed by atoms with Crippen molar-refractivity contribution in [3.63, 3.8) is 0 Å². The highest BCUT2D eigenvalue weighted by molar-refractivity contribution is 5.71. The SMILES string of the molecule is CCCCC/C=C\C/C=C\CCCCCCCCCC(=O)OC[C@H](COC(=O)CCCCCCCCCCCCCC)OC(=O)CCCCCCCCCCCCCCCCCCCCCCC. The van der Waals surface area contributed by atoms with Crippen LogP contribution in [-0.2, 0) is 28.6 Å². The molecule has 0 aromatic carbocycles. The standard InChI is InChI=1S/C62H116O6/c1-4-7-10-13-16-19-22-25-27-29-30-31-32-34-36-38-41-44-47-50-53-56-62(65)68-59(57-66-60(63)54-51-48-45-42-39-24-21-18-15-12-9-6-3)58-67-61(64)55-52-49-46-43-40-37-35-33-28-26-23-20-17-14-11-8-5-2/h17,20,26,28,59H,4-16,18-19,21-25,27,29-58H2,1-3H3/b20-17-,28-26-/t59-/m0/s1. The third-order valence-corrected chi connectivity index (χ3v) is 13.7. The summed E-state index contributed by atoms with van der Waals surface area (Å²) in [6, 6.07) is 0. The van der Waals surface area contributed by atoms with Gasteiger partial charge in [0.15, 0.2) is 6.10 Å². The van der Waals surface area contributed by atoms with Crippen LogP contribution in [0.1, 0.15) is 335 Å². The molecule has 400 valence electrons. The molecule has 6 heteroatoms. The Morgan fingerprint density at radius 1 is 0.294 bits per heavy atom. The van der Waals surface area contributed by atoms with Gasteiger partial charge in [0.25, 0.3) is 0 Å².